The van der Waals surface area contributed by atoms with Crippen molar-refractivity contribution in [1.82, 2.24) is 14.8 Å². The lowest BCUT2D eigenvalue weighted by Crippen LogP contribution is -2.45. The summed E-state index contributed by atoms with van der Waals surface area (Å²) in [6.07, 6.45) is 5.18. The van der Waals surface area contributed by atoms with Gasteiger partial charge in [0.15, 0.2) is 0 Å². The molecule has 1 aromatic heterocycles. The van der Waals surface area contributed by atoms with Gasteiger partial charge in [0.25, 0.3) is 5.91 Å². The standard InChI is InChI=1S/C33H37N5O3/c1-26(39)36-18-15-33(16-19-36)14-7-17-37(31-13-12-28(22-34)23-35-31)20-21-38(24-27-8-3-2-4-9-27)32(40)29-10-5-6-11-30(29)41-25-33/h2-6,8-13,23H,7,14-21,24-25H2,1H3. The van der Waals surface area contributed by atoms with Gasteiger partial charge in [0, 0.05) is 57.8 Å². The van der Waals surface area contributed by atoms with E-state index in [2.05, 4.69) is 16.0 Å². The van der Waals surface area contributed by atoms with Gasteiger partial charge in [0.1, 0.15) is 17.6 Å². The average molecular weight is 552 g/mol. The molecule has 1 spiro atoms. The van der Waals surface area contributed by atoms with Crippen molar-refractivity contribution in [3.05, 3.63) is 89.6 Å². The van der Waals surface area contributed by atoms with Crippen LogP contribution in [0.3, 0.4) is 0 Å². The quantitative estimate of drug-likeness (QED) is 0.460. The highest BCUT2D eigenvalue weighted by Crippen LogP contribution is 2.38. The zero-order valence-electron chi connectivity index (χ0n) is 23.7. The number of para-hydroxylation sites is 1. The minimum absolute atomic E-state index is 0.0723. The van der Waals surface area contributed by atoms with Crippen molar-refractivity contribution >= 4 is 17.6 Å². The van der Waals surface area contributed by atoms with E-state index in [-0.39, 0.29) is 17.2 Å². The molecule has 8 heteroatoms. The second kappa shape index (κ2) is 12.9. The molecular formula is C33H37N5O3. The topological polar surface area (TPSA) is 89.8 Å². The Morgan fingerprint density at radius 1 is 0.951 bits per heavy atom. The van der Waals surface area contributed by atoms with Gasteiger partial charge in [-0.15, -0.1) is 0 Å². The van der Waals surface area contributed by atoms with Crippen molar-refractivity contribution in [3.63, 3.8) is 0 Å². The molecule has 3 heterocycles. The number of amides is 2. The highest BCUT2D eigenvalue weighted by Gasteiger charge is 2.36. The molecule has 1 fully saturated rings. The number of pyridine rings is 1. The molecule has 3 aromatic rings. The number of piperidine rings is 1. The fourth-order valence-electron chi connectivity index (χ4n) is 5.86. The molecular weight excluding hydrogens is 514 g/mol. The van der Waals surface area contributed by atoms with E-state index < -0.39 is 0 Å². The van der Waals surface area contributed by atoms with E-state index in [1.54, 1.807) is 19.2 Å². The molecule has 1 saturated heterocycles. The second-order valence-electron chi connectivity index (χ2n) is 11.1. The minimum Gasteiger partial charge on any atom is -0.492 e. The number of aromatic nitrogens is 1. The summed E-state index contributed by atoms with van der Waals surface area (Å²) in [4.78, 5) is 36.7. The predicted molar refractivity (Wildman–Crippen MR) is 157 cm³/mol. The number of nitrogens with zero attached hydrogens (tertiary/aromatic N) is 5. The Morgan fingerprint density at radius 2 is 1.71 bits per heavy atom. The maximum atomic E-state index is 14.1. The van der Waals surface area contributed by atoms with Crippen LogP contribution < -0.4 is 9.64 Å². The average Bonchev–Trinajstić information content (AvgIpc) is 3.02. The first-order chi connectivity index (χ1) is 20.0. The lowest BCUT2D eigenvalue weighted by molar-refractivity contribution is -0.131. The van der Waals surface area contributed by atoms with E-state index in [1.165, 1.54) is 0 Å². The lowest BCUT2D eigenvalue weighted by atomic mass is 9.75. The van der Waals surface area contributed by atoms with Crippen LogP contribution in [0.25, 0.3) is 0 Å². The molecule has 2 aromatic carbocycles. The molecule has 0 aliphatic carbocycles. The Kier molecular flexibility index (Phi) is 8.83. The van der Waals surface area contributed by atoms with Gasteiger partial charge >= 0.3 is 0 Å². The number of hydrogen-bond acceptors (Lipinski definition) is 6. The van der Waals surface area contributed by atoms with Gasteiger partial charge in [-0.25, -0.2) is 4.98 Å². The van der Waals surface area contributed by atoms with E-state index in [0.717, 1.165) is 43.6 Å². The van der Waals surface area contributed by atoms with Gasteiger partial charge in [0.2, 0.25) is 5.91 Å². The van der Waals surface area contributed by atoms with E-state index in [4.69, 9.17) is 4.74 Å². The van der Waals surface area contributed by atoms with Crippen molar-refractivity contribution < 1.29 is 14.3 Å². The fraction of sp³-hybridized carbons (Fsp3) is 0.394. The highest BCUT2D eigenvalue weighted by atomic mass is 16.5. The minimum atomic E-state index is -0.0936. The smallest absolute Gasteiger partial charge is 0.257 e. The molecule has 0 bridgehead atoms. The number of carbonyl (C=O) groups is 2. The molecule has 2 aliphatic rings. The largest absolute Gasteiger partial charge is 0.492 e. The van der Waals surface area contributed by atoms with Crippen molar-refractivity contribution in [2.24, 2.45) is 5.41 Å². The summed E-state index contributed by atoms with van der Waals surface area (Å²) < 4.78 is 6.49. The van der Waals surface area contributed by atoms with Crippen molar-refractivity contribution in [2.45, 2.75) is 39.2 Å². The normalized spacial score (nSPS) is 17.9. The summed E-state index contributed by atoms with van der Waals surface area (Å²) in [6, 6.07) is 23.4. The molecule has 0 radical (unpaired) electrons. The van der Waals surface area contributed by atoms with Crippen LogP contribution in [0.1, 0.15) is 54.1 Å². The molecule has 0 atom stereocenters. The van der Waals surface area contributed by atoms with E-state index >= 15 is 0 Å². The van der Waals surface area contributed by atoms with Gasteiger partial charge in [-0.2, -0.15) is 5.26 Å². The third kappa shape index (κ3) is 6.86. The van der Waals surface area contributed by atoms with Crippen LogP contribution in [-0.2, 0) is 11.3 Å². The fourth-order valence-corrected chi connectivity index (χ4v) is 5.86. The Bertz CT molecular complexity index is 1380. The van der Waals surface area contributed by atoms with Gasteiger partial charge in [-0.1, -0.05) is 42.5 Å². The van der Waals surface area contributed by atoms with Crippen LogP contribution in [0.4, 0.5) is 5.82 Å². The molecule has 0 N–H and O–H groups in total. The number of benzene rings is 2. The number of carbonyl (C=O) groups excluding carboxylic acids is 2. The first kappa shape index (κ1) is 28.2. The Morgan fingerprint density at radius 3 is 2.41 bits per heavy atom. The molecule has 8 nitrogen and oxygen atoms in total. The van der Waals surface area contributed by atoms with E-state index in [9.17, 15) is 14.9 Å². The summed E-state index contributed by atoms with van der Waals surface area (Å²) in [7, 11) is 0. The van der Waals surface area contributed by atoms with Gasteiger partial charge in [-0.3, -0.25) is 9.59 Å². The van der Waals surface area contributed by atoms with Crippen LogP contribution >= 0.6 is 0 Å². The molecule has 212 valence electrons. The molecule has 41 heavy (non-hydrogen) atoms. The SMILES string of the molecule is CC(=O)N1CCC2(CCCN(c3ccc(C#N)cn3)CCN(Cc3ccccc3)C(=O)c3ccccc3OC2)CC1. The number of likely N-dealkylation sites (tertiary alicyclic amines) is 1. The van der Waals surface area contributed by atoms with Gasteiger partial charge < -0.3 is 19.4 Å². The summed E-state index contributed by atoms with van der Waals surface area (Å²) in [6.45, 7) is 5.90. The van der Waals surface area contributed by atoms with E-state index in [1.807, 2.05) is 70.5 Å². The summed E-state index contributed by atoms with van der Waals surface area (Å²) >= 11 is 0. The highest BCUT2D eigenvalue weighted by molar-refractivity contribution is 5.97. The number of rotatable bonds is 3. The van der Waals surface area contributed by atoms with Crippen molar-refractivity contribution in [1.29, 1.82) is 5.26 Å². The molecule has 0 saturated carbocycles. The molecule has 2 amide bonds. The van der Waals surface area contributed by atoms with Crippen molar-refractivity contribution in [2.75, 3.05) is 44.2 Å². The third-order valence-electron chi connectivity index (χ3n) is 8.40. The Labute approximate surface area is 242 Å². The maximum Gasteiger partial charge on any atom is 0.257 e. The third-order valence-corrected chi connectivity index (χ3v) is 8.40. The lowest BCUT2D eigenvalue weighted by Gasteiger charge is -2.42. The zero-order valence-corrected chi connectivity index (χ0v) is 23.7. The summed E-state index contributed by atoms with van der Waals surface area (Å²) in [5, 5.41) is 9.27. The van der Waals surface area contributed by atoms with Gasteiger partial charge in [-0.05, 0) is 55.5 Å². The number of anilines is 1. The monoisotopic (exact) mass is 551 g/mol. The van der Waals surface area contributed by atoms with Crippen LogP contribution in [0, 0.1) is 16.7 Å². The Hall–Kier alpha value is -4.38. The number of nitriles is 1. The predicted octanol–water partition coefficient (Wildman–Crippen LogP) is 4.90. The molecule has 2 aliphatic heterocycles. The van der Waals surface area contributed by atoms with Gasteiger partial charge in [0.05, 0.1) is 17.7 Å². The van der Waals surface area contributed by atoms with E-state index in [0.29, 0.717) is 56.2 Å². The molecule has 0 unspecified atom stereocenters. The van der Waals surface area contributed by atoms with Crippen LogP contribution in [0.5, 0.6) is 5.75 Å². The zero-order chi connectivity index (χ0) is 28.7. The first-order valence-electron chi connectivity index (χ1n) is 14.4. The Balaban J connectivity index is 1.47. The van der Waals surface area contributed by atoms with Crippen molar-refractivity contribution in [3.8, 4) is 11.8 Å². The first-order valence-corrected chi connectivity index (χ1v) is 14.4. The van der Waals surface area contributed by atoms with Crippen LogP contribution in [-0.4, -0.2) is 65.9 Å². The van der Waals surface area contributed by atoms with Crippen LogP contribution in [0.15, 0.2) is 72.9 Å². The molecule has 5 rings (SSSR count). The maximum absolute atomic E-state index is 14.1. The number of hydrogen-bond donors (Lipinski definition) is 0. The summed E-state index contributed by atoms with van der Waals surface area (Å²) in [5.41, 5.74) is 2.04. The number of fused-ring (bicyclic) bond motifs is 1. The summed E-state index contributed by atoms with van der Waals surface area (Å²) in [5.74, 6) is 1.44. The van der Waals surface area contributed by atoms with Crippen LogP contribution in [0.2, 0.25) is 0 Å². The number of ether oxygens (including phenoxy) is 1. The second-order valence-corrected chi connectivity index (χ2v) is 11.1.